The number of ether oxygens (including phenoxy) is 2. The predicted molar refractivity (Wildman–Crippen MR) is 149 cm³/mol. The molecule has 3 rings (SSSR count). The molecule has 3 aliphatic rings. The Bertz CT molecular complexity index is 863. The van der Waals surface area contributed by atoms with Gasteiger partial charge in [-0.3, -0.25) is 5.32 Å². The number of carbonyl (C=O) groups excluding carboxylic acids is 1. The Labute approximate surface area is 242 Å². The number of fused-ring (bicyclic) bond motifs is 2. The molecule has 4 atom stereocenters. The summed E-state index contributed by atoms with van der Waals surface area (Å²) in [5, 5.41) is 15.9. The van der Waals surface area contributed by atoms with E-state index in [4.69, 9.17) is 44.3 Å². The van der Waals surface area contributed by atoms with E-state index in [-0.39, 0.29) is 36.4 Å². The zero-order chi connectivity index (χ0) is 28.1. The van der Waals surface area contributed by atoms with Gasteiger partial charge in [0.15, 0.2) is 0 Å². The molecule has 10 nitrogen and oxygen atoms in total. The molecule has 0 aromatic carbocycles. The van der Waals surface area contributed by atoms with Gasteiger partial charge in [0.05, 0.1) is 12.4 Å². The molecule has 2 unspecified atom stereocenters. The van der Waals surface area contributed by atoms with Gasteiger partial charge in [0.2, 0.25) is 20.2 Å². The van der Waals surface area contributed by atoms with Crippen molar-refractivity contribution in [2.75, 3.05) is 38.5 Å². The second-order valence-corrected chi connectivity index (χ2v) is 16.1. The summed E-state index contributed by atoms with van der Waals surface area (Å²) in [6.07, 6.45) is 3.69. The van der Waals surface area contributed by atoms with E-state index in [0.717, 1.165) is 51.7 Å². The topological polar surface area (TPSA) is 120 Å². The van der Waals surface area contributed by atoms with Crippen LogP contribution in [0.1, 0.15) is 65.7 Å². The van der Waals surface area contributed by atoms with Gasteiger partial charge in [-0.1, -0.05) is 34.8 Å². The van der Waals surface area contributed by atoms with Crippen molar-refractivity contribution in [2.45, 2.75) is 99.7 Å². The number of rotatable bonds is 11. The van der Waals surface area contributed by atoms with Crippen LogP contribution < -0.4 is 10.6 Å². The Kier molecular flexibility index (Phi) is 11.7. The molecule has 38 heavy (non-hydrogen) atoms. The van der Waals surface area contributed by atoms with Gasteiger partial charge in [0, 0.05) is 24.7 Å². The zero-order valence-electron chi connectivity index (χ0n) is 22.5. The Balaban J connectivity index is 1.37. The summed E-state index contributed by atoms with van der Waals surface area (Å²) in [5.41, 5.74) is -0.510. The molecule has 0 aromatic rings. The minimum absolute atomic E-state index is 0.0719. The number of hydrogen-bond acceptors (Lipinski definition) is 8. The van der Waals surface area contributed by atoms with Crippen LogP contribution in [0.15, 0.2) is 0 Å². The molecule has 0 saturated carbocycles. The molecule has 222 valence electrons. The summed E-state index contributed by atoms with van der Waals surface area (Å²) < 4.78 is 37.4. The summed E-state index contributed by atoms with van der Waals surface area (Å²) in [6, 6.07) is -0.222. The first-order valence-corrected chi connectivity index (χ1v) is 16.2. The fourth-order valence-corrected chi connectivity index (χ4v) is 8.30. The number of alkyl carbamates (subject to hydrolysis) is 1. The van der Waals surface area contributed by atoms with Crippen LogP contribution in [0.2, 0.25) is 0 Å². The number of alkyl halides is 3. The first-order valence-electron chi connectivity index (χ1n) is 13.4. The number of carbonyl (C=O) groups is 1. The molecule has 3 saturated heterocycles. The highest BCUT2D eigenvalue weighted by Crippen LogP contribution is 2.39. The minimum atomic E-state index is -3.38. The number of sulfonamides is 1. The van der Waals surface area contributed by atoms with Crippen molar-refractivity contribution in [1.82, 2.24) is 19.8 Å². The molecule has 0 radical (unpaired) electrons. The third-order valence-corrected chi connectivity index (χ3v) is 9.70. The van der Waals surface area contributed by atoms with Gasteiger partial charge in [-0.2, -0.15) is 4.31 Å². The van der Waals surface area contributed by atoms with Crippen LogP contribution in [0.3, 0.4) is 0 Å². The Morgan fingerprint density at radius 1 is 1.08 bits per heavy atom. The summed E-state index contributed by atoms with van der Waals surface area (Å²) in [6.45, 7) is 8.37. The van der Waals surface area contributed by atoms with E-state index in [0.29, 0.717) is 19.4 Å². The molecule has 0 spiro atoms. The average molecular weight is 622 g/mol. The van der Waals surface area contributed by atoms with Crippen LogP contribution in [-0.4, -0.2) is 101 Å². The Hall–Kier alpha value is -0.110. The largest absolute Gasteiger partial charge is 0.444 e. The highest BCUT2D eigenvalue weighted by molar-refractivity contribution is 7.89. The summed E-state index contributed by atoms with van der Waals surface area (Å²) >= 11 is 17.0. The Morgan fingerprint density at radius 2 is 1.68 bits per heavy atom. The van der Waals surface area contributed by atoms with Crippen molar-refractivity contribution in [3.8, 4) is 0 Å². The van der Waals surface area contributed by atoms with Crippen molar-refractivity contribution in [3.63, 3.8) is 0 Å². The predicted octanol–water partition coefficient (Wildman–Crippen LogP) is 3.19. The standard InChI is InChI=1S/C24H43Cl3N4O6S/c1-23(2,3)37-21(32)28-9-4-10-30-11-7-17(8-12-30)15-38(34,35)31-19-5-6-20(31)14-18(13-19)29-22(33)36-16-24(25,26)27/h17-20,22,29,33H,4-16H2,1-3H3,(H,28,32)/t18?,19-,20+,22?. The minimum Gasteiger partial charge on any atom is -0.444 e. The van der Waals surface area contributed by atoms with Crippen molar-refractivity contribution in [2.24, 2.45) is 5.92 Å². The van der Waals surface area contributed by atoms with E-state index in [1.807, 2.05) is 20.8 Å². The van der Waals surface area contributed by atoms with E-state index >= 15 is 0 Å². The fourth-order valence-electron chi connectivity index (χ4n) is 5.72. The number of amides is 1. The van der Waals surface area contributed by atoms with Gasteiger partial charge in [-0.25, -0.2) is 13.2 Å². The number of halogens is 3. The van der Waals surface area contributed by atoms with Crippen LogP contribution in [0.25, 0.3) is 0 Å². The van der Waals surface area contributed by atoms with Crippen molar-refractivity contribution < 1.29 is 27.8 Å². The summed E-state index contributed by atoms with van der Waals surface area (Å²) in [7, 11) is -3.38. The van der Waals surface area contributed by atoms with Crippen LogP contribution in [0, 0.1) is 5.92 Å². The fraction of sp³-hybridized carbons (Fsp3) is 0.958. The third kappa shape index (κ3) is 10.7. The molecule has 14 heteroatoms. The van der Waals surface area contributed by atoms with E-state index in [1.165, 1.54) is 0 Å². The van der Waals surface area contributed by atoms with Crippen molar-refractivity contribution >= 4 is 50.9 Å². The highest BCUT2D eigenvalue weighted by atomic mass is 35.6. The normalized spacial score (nSPS) is 26.9. The van der Waals surface area contributed by atoms with Gasteiger partial charge in [-0.05, 0) is 91.3 Å². The average Bonchev–Trinajstić information content (AvgIpc) is 3.07. The number of piperidine rings is 2. The second-order valence-electron chi connectivity index (χ2n) is 11.7. The molecule has 3 aliphatic heterocycles. The number of hydrogen-bond donors (Lipinski definition) is 3. The lowest BCUT2D eigenvalue weighted by atomic mass is 9.99. The molecule has 3 heterocycles. The number of nitrogens with zero attached hydrogens (tertiary/aromatic N) is 2. The first kappa shape index (κ1) is 32.4. The number of aliphatic hydroxyl groups excluding tert-OH is 1. The maximum atomic E-state index is 13.4. The maximum Gasteiger partial charge on any atom is 0.407 e. The molecule has 0 aliphatic carbocycles. The summed E-state index contributed by atoms with van der Waals surface area (Å²) in [5.74, 6) is 0.324. The van der Waals surface area contributed by atoms with Gasteiger partial charge in [0.1, 0.15) is 5.60 Å². The number of likely N-dealkylation sites (tertiary alicyclic amines) is 1. The maximum absolute atomic E-state index is 13.4. The van der Waals surface area contributed by atoms with Gasteiger partial charge >= 0.3 is 6.09 Å². The second kappa shape index (κ2) is 13.7. The van der Waals surface area contributed by atoms with E-state index in [1.54, 1.807) is 4.31 Å². The third-order valence-electron chi connectivity index (χ3n) is 7.24. The van der Waals surface area contributed by atoms with E-state index in [9.17, 15) is 18.3 Å². The number of aliphatic hydroxyl groups is 1. The number of nitrogens with one attached hydrogen (secondary N) is 2. The van der Waals surface area contributed by atoms with E-state index < -0.39 is 31.9 Å². The van der Waals surface area contributed by atoms with Crippen LogP contribution in [0.5, 0.6) is 0 Å². The van der Waals surface area contributed by atoms with Gasteiger partial charge in [0.25, 0.3) is 0 Å². The highest BCUT2D eigenvalue weighted by Gasteiger charge is 2.47. The lowest BCUT2D eigenvalue weighted by Gasteiger charge is -2.40. The molecular weight excluding hydrogens is 579 g/mol. The van der Waals surface area contributed by atoms with Crippen LogP contribution in [0.4, 0.5) is 4.79 Å². The summed E-state index contributed by atoms with van der Waals surface area (Å²) in [4.78, 5) is 14.1. The first-order chi connectivity index (χ1) is 17.6. The molecule has 3 fully saturated rings. The molecule has 1 amide bonds. The lowest BCUT2D eigenvalue weighted by Crippen LogP contribution is -2.54. The van der Waals surface area contributed by atoms with Gasteiger partial charge in [-0.15, -0.1) is 0 Å². The van der Waals surface area contributed by atoms with Crippen molar-refractivity contribution in [3.05, 3.63) is 0 Å². The van der Waals surface area contributed by atoms with E-state index in [2.05, 4.69) is 15.5 Å². The monoisotopic (exact) mass is 620 g/mol. The molecule has 0 aromatic heterocycles. The molecule has 3 N–H and O–H groups in total. The molecule has 2 bridgehead atoms. The van der Waals surface area contributed by atoms with Crippen LogP contribution in [-0.2, 0) is 19.5 Å². The lowest BCUT2D eigenvalue weighted by molar-refractivity contribution is -0.127. The quantitative estimate of drug-likeness (QED) is 0.183. The Morgan fingerprint density at radius 3 is 2.24 bits per heavy atom. The van der Waals surface area contributed by atoms with Crippen molar-refractivity contribution in [1.29, 1.82) is 0 Å². The zero-order valence-corrected chi connectivity index (χ0v) is 25.6. The van der Waals surface area contributed by atoms with Gasteiger partial charge < -0.3 is 24.8 Å². The SMILES string of the molecule is CC(C)(C)OC(=O)NCCCN1CCC(CS(=O)(=O)N2[C@@H]3CC[C@H]2CC(NC(O)OCC(Cl)(Cl)Cl)C3)CC1. The van der Waals surface area contributed by atoms with Crippen LogP contribution >= 0.6 is 34.8 Å². The molecular formula is C24H43Cl3N4O6S. The smallest absolute Gasteiger partial charge is 0.407 e.